The first-order valence-corrected chi connectivity index (χ1v) is 8.94. The Morgan fingerprint density at radius 3 is 2.77 bits per heavy atom. The van der Waals surface area contributed by atoms with Crippen LogP contribution in [0.4, 0.5) is 11.5 Å². The SMILES string of the molecule is CCCn1c(N)c(C(=O)CN2c3ccccc3CC[C@@H]2C)c(=O)[nH]c1=O. The Morgan fingerprint density at radius 2 is 2.04 bits per heavy atom. The number of hydrogen-bond donors (Lipinski definition) is 2. The summed E-state index contributed by atoms with van der Waals surface area (Å²) >= 11 is 0. The van der Waals surface area contributed by atoms with E-state index in [4.69, 9.17) is 5.73 Å². The largest absolute Gasteiger partial charge is 0.384 e. The fourth-order valence-corrected chi connectivity index (χ4v) is 3.54. The van der Waals surface area contributed by atoms with Gasteiger partial charge in [0.25, 0.3) is 5.56 Å². The van der Waals surface area contributed by atoms with E-state index >= 15 is 0 Å². The van der Waals surface area contributed by atoms with Gasteiger partial charge >= 0.3 is 5.69 Å². The average molecular weight is 356 g/mol. The number of H-pyrrole nitrogens is 1. The van der Waals surface area contributed by atoms with Crippen LogP contribution in [0.1, 0.15) is 42.6 Å². The summed E-state index contributed by atoms with van der Waals surface area (Å²) < 4.78 is 1.25. The molecule has 2 aromatic rings. The summed E-state index contributed by atoms with van der Waals surface area (Å²) in [5, 5.41) is 0. The van der Waals surface area contributed by atoms with Gasteiger partial charge in [0.1, 0.15) is 11.4 Å². The highest BCUT2D eigenvalue weighted by atomic mass is 16.2. The number of Topliss-reactive ketones (excluding diaryl/α,β-unsaturated/α-hetero) is 1. The van der Waals surface area contributed by atoms with Crippen molar-refractivity contribution in [2.45, 2.75) is 45.7 Å². The van der Waals surface area contributed by atoms with Gasteiger partial charge < -0.3 is 10.6 Å². The van der Waals surface area contributed by atoms with Crippen LogP contribution in [0.3, 0.4) is 0 Å². The molecule has 0 amide bonds. The summed E-state index contributed by atoms with van der Waals surface area (Å²) in [6, 6.07) is 8.15. The Hall–Kier alpha value is -2.83. The first-order valence-electron chi connectivity index (χ1n) is 8.94. The number of nitrogens with one attached hydrogen (secondary N) is 1. The highest BCUT2D eigenvalue weighted by Crippen LogP contribution is 2.30. The van der Waals surface area contributed by atoms with Gasteiger partial charge in [-0.1, -0.05) is 25.1 Å². The smallest absolute Gasteiger partial charge is 0.329 e. The zero-order valence-corrected chi connectivity index (χ0v) is 15.1. The van der Waals surface area contributed by atoms with Crippen molar-refractivity contribution in [3.8, 4) is 0 Å². The highest BCUT2D eigenvalue weighted by Gasteiger charge is 2.27. The first-order chi connectivity index (χ1) is 12.4. The second kappa shape index (κ2) is 7.19. The fraction of sp³-hybridized carbons (Fsp3) is 0.421. The number of ketones is 1. The van der Waals surface area contributed by atoms with E-state index in [0.717, 1.165) is 18.5 Å². The van der Waals surface area contributed by atoms with Gasteiger partial charge in [-0.15, -0.1) is 0 Å². The number of para-hydroxylation sites is 1. The molecule has 3 rings (SSSR count). The summed E-state index contributed by atoms with van der Waals surface area (Å²) in [7, 11) is 0. The lowest BCUT2D eigenvalue weighted by molar-refractivity contribution is 0.0995. The number of carbonyl (C=O) groups excluding carboxylic acids is 1. The predicted octanol–water partition coefficient (Wildman–Crippen LogP) is 1.55. The lowest BCUT2D eigenvalue weighted by atomic mass is 9.96. The van der Waals surface area contributed by atoms with E-state index in [1.54, 1.807) is 0 Å². The highest BCUT2D eigenvalue weighted by molar-refractivity contribution is 6.02. The molecule has 3 N–H and O–H groups in total. The molecule has 0 spiro atoms. The molecule has 0 radical (unpaired) electrons. The van der Waals surface area contributed by atoms with Gasteiger partial charge in [-0.3, -0.25) is 19.1 Å². The minimum Gasteiger partial charge on any atom is -0.384 e. The molecule has 0 saturated carbocycles. The molecule has 26 heavy (non-hydrogen) atoms. The number of aromatic nitrogens is 2. The van der Waals surface area contributed by atoms with Crippen molar-refractivity contribution >= 4 is 17.3 Å². The maximum atomic E-state index is 12.9. The molecule has 0 aliphatic carbocycles. The quantitative estimate of drug-likeness (QED) is 0.792. The van der Waals surface area contributed by atoms with Crippen molar-refractivity contribution in [3.63, 3.8) is 0 Å². The van der Waals surface area contributed by atoms with Crippen LogP contribution in [-0.2, 0) is 13.0 Å². The molecule has 7 nitrogen and oxygen atoms in total. The van der Waals surface area contributed by atoms with Gasteiger partial charge in [-0.2, -0.15) is 0 Å². The molecule has 7 heteroatoms. The van der Waals surface area contributed by atoms with Crippen molar-refractivity contribution in [2.24, 2.45) is 0 Å². The van der Waals surface area contributed by atoms with Crippen molar-refractivity contribution in [1.29, 1.82) is 0 Å². The summed E-state index contributed by atoms with van der Waals surface area (Å²) in [5.74, 6) is -0.430. The number of nitrogens with zero attached hydrogens (tertiary/aromatic N) is 2. The van der Waals surface area contributed by atoms with Crippen LogP contribution in [0, 0.1) is 0 Å². The monoisotopic (exact) mass is 356 g/mol. The second-order valence-electron chi connectivity index (χ2n) is 6.74. The maximum absolute atomic E-state index is 12.9. The molecular weight excluding hydrogens is 332 g/mol. The number of hydrogen-bond acceptors (Lipinski definition) is 5. The molecule has 0 unspecified atom stereocenters. The third-order valence-corrected chi connectivity index (χ3v) is 4.94. The number of nitrogens with two attached hydrogens (primary N) is 1. The number of anilines is 2. The second-order valence-corrected chi connectivity index (χ2v) is 6.74. The average Bonchev–Trinajstić information content (AvgIpc) is 2.61. The van der Waals surface area contributed by atoms with Crippen molar-refractivity contribution in [1.82, 2.24) is 9.55 Å². The van der Waals surface area contributed by atoms with Crippen LogP contribution in [0.15, 0.2) is 33.9 Å². The molecule has 0 fully saturated rings. The number of aromatic amines is 1. The zero-order valence-electron chi connectivity index (χ0n) is 15.1. The number of fused-ring (bicyclic) bond motifs is 1. The molecule has 1 aliphatic heterocycles. The first kappa shape index (κ1) is 18.0. The van der Waals surface area contributed by atoms with Crippen LogP contribution < -0.4 is 21.9 Å². The van der Waals surface area contributed by atoms with E-state index in [2.05, 4.69) is 18.0 Å². The minimum atomic E-state index is -0.720. The van der Waals surface area contributed by atoms with E-state index in [1.807, 2.05) is 30.0 Å². The van der Waals surface area contributed by atoms with Crippen LogP contribution in [0.5, 0.6) is 0 Å². The van der Waals surface area contributed by atoms with Crippen molar-refractivity contribution in [3.05, 3.63) is 56.2 Å². The van der Waals surface area contributed by atoms with E-state index in [9.17, 15) is 14.4 Å². The lowest BCUT2D eigenvalue weighted by Crippen LogP contribution is -2.43. The molecule has 1 aliphatic rings. The summed E-state index contributed by atoms with van der Waals surface area (Å²) in [6.45, 7) is 4.36. The molecule has 1 atom stereocenters. The van der Waals surface area contributed by atoms with E-state index < -0.39 is 11.2 Å². The van der Waals surface area contributed by atoms with Gasteiger partial charge in [0.15, 0.2) is 5.78 Å². The Kier molecular flexibility index (Phi) is 4.97. The topological polar surface area (TPSA) is 101 Å². The van der Waals surface area contributed by atoms with Crippen LogP contribution in [0.2, 0.25) is 0 Å². The van der Waals surface area contributed by atoms with E-state index in [1.165, 1.54) is 10.1 Å². The number of carbonyl (C=O) groups is 1. The van der Waals surface area contributed by atoms with Crippen LogP contribution in [0.25, 0.3) is 0 Å². The Morgan fingerprint density at radius 1 is 1.31 bits per heavy atom. The van der Waals surface area contributed by atoms with E-state index in [0.29, 0.717) is 13.0 Å². The Bertz CT molecular complexity index is 945. The maximum Gasteiger partial charge on any atom is 0.329 e. The fourth-order valence-electron chi connectivity index (χ4n) is 3.54. The van der Waals surface area contributed by atoms with Gasteiger partial charge in [-0.25, -0.2) is 4.79 Å². The van der Waals surface area contributed by atoms with Gasteiger partial charge in [0, 0.05) is 18.3 Å². The van der Waals surface area contributed by atoms with Crippen LogP contribution in [-0.4, -0.2) is 27.9 Å². The molecule has 1 aromatic heterocycles. The molecular formula is C19H24N4O3. The molecule has 1 aromatic carbocycles. The molecule has 2 heterocycles. The van der Waals surface area contributed by atoms with E-state index in [-0.39, 0.29) is 29.8 Å². The summed E-state index contributed by atoms with van der Waals surface area (Å²) in [5.41, 5.74) is 6.78. The number of aryl methyl sites for hydroxylation is 1. The normalized spacial score (nSPS) is 16.4. The standard InChI is InChI=1S/C19H24N4O3/c1-3-10-22-17(20)16(18(25)21-19(22)26)15(24)11-23-12(2)8-9-13-6-4-5-7-14(13)23/h4-7,12H,3,8-11,20H2,1-2H3,(H,21,25,26)/t12-/m0/s1. The molecule has 138 valence electrons. The van der Waals surface area contributed by atoms with Crippen molar-refractivity contribution < 1.29 is 4.79 Å². The molecule has 0 bridgehead atoms. The van der Waals surface area contributed by atoms with Crippen LogP contribution >= 0.6 is 0 Å². The molecule has 0 saturated heterocycles. The third kappa shape index (κ3) is 3.16. The number of rotatable bonds is 5. The van der Waals surface area contributed by atoms with Crippen molar-refractivity contribution in [2.75, 3.05) is 17.2 Å². The zero-order chi connectivity index (χ0) is 18.8. The number of nitrogen functional groups attached to an aromatic ring is 1. The third-order valence-electron chi connectivity index (χ3n) is 4.94. The Labute approximate surface area is 151 Å². The van der Waals surface area contributed by atoms with Gasteiger partial charge in [-0.05, 0) is 37.8 Å². The lowest BCUT2D eigenvalue weighted by Gasteiger charge is -2.36. The summed E-state index contributed by atoms with van der Waals surface area (Å²) in [6.07, 6.45) is 2.57. The predicted molar refractivity (Wildman–Crippen MR) is 102 cm³/mol. The number of benzene rings is 1. The van der Waals surface area contributed by atoms with Gasteiger partial charge in [0.2, 0.25) is 0 Å². The Balaban J connectivity index is 1.98. The minimum absolute atomic E-state index is 0.0514. The van der Waals surface area contributed by atoms with Gasteiger partial charge in [0.05, 0.1) is 6.54 Å². The summed E-state index contributed by atoms with van der Waals surface area (Å²) in [4.78, 5) is 41.3.